The first-order chi connectivity index (χ1) is 7.81. The van der Waals surface area contributed by atoms with Gasteiger partial charge in [0, 0.05) is 15.6 Å². The maximum absolute atomic E-state index is 6.49. The van der Waals surface area contributed by atoms with Crippen LogP contribution >= 0.6 is 23.2 Å². The molecule has 2 N–H and O–H groups in total. The number of nitrogens with two attached hydrogens (primary N) is 1. The molecule has 0 spiro atoms. The van der Waals surface area contributed by atoms with Crippen molar-refractivity contribution in [1.29, 1.82) is 0 Å². The molecule has 1 fully saturated rings. The smallest absolute Gasteiger partial charge is 0.0453 e. The van der Waals surface area contributed by atoms with Crippen LogP contribution in [-0.4, -0.2) is 5.54 Å². The molecule has 0 bridgehead atoms. The Morgan fingerprint density at radius 1 is 1.18 bits per heavy atom. The van der Waals surface area contributed by atoms with Crippen LogP contribution in [0.4, 0.5) is 0 Å². The molecule has 0 radical (unpaired) electrons. The molecule has 1 aliphatic carbocycles. The van der Waals surface area contributed by atoms with Gasteiger partial charge in [-0.3, -0.25) is 0 Å². The van der Waals surface area contributed by atoms with E-state index in [1.807, 2.05) is 18.2 Å². The Balaban J connectivity index is 2.22. The van der Waals surface area contributed by atoms with Crippen LogP contribution in [0.25, 0.3) is 0 Å². The van der Waals surface area contributed by atoms with Crippen molar-refractivity contribution in [1.82, 2.24) is 0 Å². The van der Waals surface area contributed by atoms with E-state index >= 15 is 0 Å². The van der Waals surface area contributed by atoms with E-state index in [9.17, 15) is 0 Å². The van der Waals surface area contributed by atoms with Gasteiger partial charge >= 0.3 is 0 Å². The molecular weight excluding hydrogens is 253 g/mol. The van der Waals surface area contributed by atoms with E-state index in [0.717, 1.165) is 34.9 Å². The number of halogens is 2. The first-order valence-electron chi connectivity index (χ1n) is 6.03. The molecule has 1 unspecified atom stereocenters. The molecule has 3 heteroatoms. The van der Waals surface area contributed by atoms with Gasteiger partial charge in [-0.05, 0) is 48.8 Å². The molecule has 0 heterocycles. The van der Waals surface area contributed by atoms with E-state index in [2.05, 4.69) is 13.8 Å². The number of benzene rings is 1. The monoisotopic (exact) mass is 271 g/mol. The van der Waals surface area contributed by atoms with Crippen molar-refractivity contribution in [2.75, 3.05) is 0 Å². The zero-order valence-electron chi connectivity index (χ0n) is 10.4. The van der Waals surface area contributed by atoms with Crippen LogP contribution in [0.5, 0.6) is 0 Å². The molecule has 1 aliphatic rings. The van der Waals surface area contributed by atoms with Crippen LogP contribution in [0.3, 0.4) is 0 Å². The van der Waals surface area contributed by atoms with Crippen molar-refractivity contribution in [3.8, 4) is 0 Å². The molecule has 1 nitrogen and oxygen atoms in total. The summed E-state index contributed by atoms with van der Waals surface area (Å²) in [5.41, 5.74) is 7.66. The summed E-state index contributed by atoms with van der Waals surface area (Å²) >= 11 is 12.4. The summed E-state index contributed by atoms with van der Waals surface area (Å²) in [4.78, 5) is 0. The van der Waals surface area contributed by atoms with E-state index < -0.39 is 0 Å². The molecule has 0 aromatic heterocycles. The van der Waals surface area contributed by atoms with Crippen molar-refractivity contribution in [2.45, 2.75) is 45.1 Å². The molecule has 0 amide bonds. The number of rotatable bonds is 2. The predicted octanol–water partition coefficient (Wildman–Crippen LogP) is 4.44. The third-order valence-electron chi connectivity index (χ3n) is 3.72. The molecule has 1 atom stereocenters. The van der Waals surface area contributed by atoms with Crippen LogP contribution in [0.2, 0.25) is 10.0 Å². The van der Waals surface area contributed by atoms with Crippen LogP contribution in [0, 0.1) is 5.41 Å². The lowest BCUT2D eigenvalue weighted by molar-refractivity contribution is 0.334. The molecular formula is C14H19Cl2N. The highest BCUT2D eigenvalue weighted by Crippen LogP contribution is 2.44. The molecule has 0 aliphatic heterocycles. The van der Waals surface area contributed by atoms with Crippen molar-refractivity contribution in [3.63, 3.8) is 0 Å². The summed E-state index contributed by atoms with van der Waals surface area (Å²) in [5, 5.41) is 1.46. The highest BCUT2D eigenvalue weighted by Gasteiger charge is 2.40. The topological polar surface area (TPSA) is 26.0 Å². The van der Waals surface area contributed by atoms with Gasteiger partial charge in [-0.15, -0.1) is 0 Å². The van der Waals surface area contributed by atoms with Gasteiger partial charge in [-0.25, -0.2) is 0 Å². The fraction of sp³-hybridized carbons (Fsp3) is 0.571. The van der Waals surface area contributed by atoms with Gasteiger partial charge in [-0.2, -0.15) is 0 Å². The zero-order valence-corrected chi connectivity index (χ0v) is 11.9. The van der Waals surface area contributed by atoms with Crippen LogP contribution in [0.15, 0.2) is 18.2 Å². The second-order valence-electron chi connectivity index (χ2n) is 6.08. The van der Waals surface area contributed by atoms with Gasteiger partial charge < -0.3 is 5.73 Å². The van der Waals surface area contributed by atoms with Crippen LogP contribution in [0.1, 0.15) is 38.7 Å². The minimum atomic E-state index is -0.155. The average molecular weight is 272 g/mol. The molecule has 1 aromatic rings. The summed E-state index contributed by atoms with van der Waals surface area (Å²) in [6.45, 7) is 4.55. The summed E-state index contributed by atoms with van der Waals surface area (Å²) in [7, 11) is 0. The third-order valence-corrected chi connectivity index (χ3v) is 4.43. The van der Waals surface area contributed by atoms with E-state index in [4.69, 9.17) is 28.9 Å². The number of hydrogen-bond acceptors (Lipinski definition) is 1. The Bertz CT molecular complexity index is 408. The summed E-state index contributed by atoms with van der Waals surface area (Å²) < 4.78 is 0. The van der Waals surface area contributed by atoms with Crippen molar-refractivity contribution < 1.29 is 0 Å². The van der Waals surface area contributed by atoms with Gasteiger partial charge in [0.15, 0.2) is 0 Å². The lowest BCUT2D eigenvalue weighted by Crippen LogP contribution is -2.40. The highest BCUT2D eigenvalue weighted by molar-refractivity contribution is 6.36. The maximum Gasteiger partial charge on any atom is 0.0453 e. The second-order valence-corrected chi connectivity index (χ2v) is 6.89. The summed E-state index contributed by atoms with van der Waals surface area (Å²) in [6.07, 6.45) is 4.02. The average Bonchev–Trinajstić information content (AvgIpc) is 2.48. The molecule has 1 saturated carbocycles. The molecule has 2 rings (SSSR count). The first kappa shape index (κ1) is 13.2. The molecule has 0 saturated heterocycles. The Morgan fingerprint density at radius 3 is 2.24 bits per heavy atom. The highest BCUT2D eigenvalue weighted by atomic mass is 35.5. The normalized spacial score (nSPS) is 27.4. The van der Waals surface area contributed by atoms with Gasteiger partial charge in [0.1, 0.15) is 0 Å². The van der Waals surface area contributed by atoms with Crippen LogP contribution in [-0.2, 0) is 6.42 Å². The Labute approximate surface area is 113 Å². The fourth-order valence-electron chi connectivity index (χ4n) is 2.92. The van der Waals surface area contributed by atoms with E-state index in [-0.39, 0.29) is 5.54 Å². The second kappa shape index (κ2) is 4.46. The minimum absolute atomic E-state index is 0.155. The van der Waals surface area contributed by atoms with E-state index in [0.29, 0.717) is 5.41 Å². The Hall–Kier alpha value is -0.240. The van der Waals surface area contributed by atoms with Crippen molar-refractivity contribution in [3.05, 3.63) is 33.8 Å². The Kier molecular flexibility index (Phi) is 3.46. The molecule has 17 heavy (non-hydrogen) atoms. The largest absolute Gasteiger partial charge is 0.325 e. The quantitative estimate of drug-likeness (QED) is 0.846. The first-order valence-corrected chi connectivity index (χ1v) is 6.79. The van der Waals surface area contributed by atoms with E-state index in [1.54, 1.807) is 0 Å². The summed E-state index contributed by atoms with van der Waals surface area (Å²) in [6, 6.07) is 5.63. The molecule has 94 valence electrons. The lowest BCUT2D eigenvalue weighted by Gasteiger charge is -2.27. The van der Waals surface area contributed by atoms with Crippen LogP contribution < -0.4 is 5.73 Å². The Morgan fingerprint density at radius 2 is 1.76 bits per heavy atom. The van der Waals surface area contributed by atoms with Gasteiger partial charge in [0.25, 0.3) is 0 Å². The van der Waals surface area contributed by atoms with Gasteiger partial charge in [0.2, 0.25) is 0 Å². The zero-order chi connectivity index (χ0) is 12.7. The molecule has 1 aromatic carbocycles. The van der Waals surface area contributed by atoms with Crippen molar-refractivity contribution >= 4 is 23.2 Å². The lowest BCUT2D eigenvalue weighted by atomic mass is 9.85. The standard InChI is InChI=1S/C14H19Cl2N/c1-13(2)6-7-14(17,9-13)8-10-11(15)4-3-5-12(10)16/h3-5H,6-9,17H2,1-2H3. The summed E-state index contributed by atoms with van der Waals surface area (Å²) in [5.74, 6) is 0. The van der Waals surface area contributed by atoms with Gasteiger partial charge in [0.05, 0.1) is 0 Å². The van der Waals surface area contributed by atoms with Gasteiger partial charge in [-0.1, -0.05) is 43.1 Å². The van der Waals surface area contributed by atoms with Crippen molar-refractivity contribution in [2.24, 2.45) is 11.1 Å². The minimum Gasteiger partial charge on any atom is -0.325 e. The third kappa shape index (κ3) is 2.96. The number of hydrogen-bond donors (Lipinski definition) is 1. The maximum atomic E-state index is 6.49. The predicted molar refractivity (Wildman–Crippen MR) is 74.7 cm³/mol. The SMILES string of the molecule is CC1(C)CCC(N)(Cc2c(Cl)cccc2Cl)C1. The fourth-order valence-corrected chi connectivity index (χ4v) is 3.45. The van der Waals surface area contributed by atoms with E-state index in [1.165, 1.54) is 6.42 Å².